The number of piperazine rings is 1. The van der Waals surface area contributed by atoms with E-state index >= 15 is 0 Å². The Bertz CT molecular complexity index is 1070. The van der Waals surface area contributed by atoms with Crippen molar-refractivity contribution in [2.24, 2.45) is 0 Å². The Morgan fingerprint density at radius 1 is 0.800 bits per heavy atom. The minimum Gasteiger partial charge on any atom is -0.490 e. The molecule has 0 radical (unpaired) electrons. The maximum absolute atomic E-state index is 10.6. The molecule has 0 amide bonds. The molecule has 3 aromatic rings. The molecule has 3 aromatic carbocycles. The second-order valence-corrected chi connectivity index (χ2v) is 8.46. The van der Waals surface area contributed by atoms with Gasteiger partial charge in [0.05, 0.1) is 5.69 Å². The summed E-state index contributed by atoms with van der Waals surface area (Å²) in [6.07, 6.45) is -0.571. The summed E-state index contributed by atoms with van der Waals surface area (Å²) in [6, 6.07) is 19.9. The van der Waals surface area contributed by atoms with Gasteiger partial charge in [-0.1, -0.05) is 36.4 Å². The Kier molecular flexibility index (Phi) is 9.02. The second kappa shape index (κ2) is 12.6. The summed E-state index contributed by atoms with van der Waals surface area (Å²) >= 11 is 0. The van der Waals surface area contributed by atoms with Crippen molar-refractivity contribution in [1.82, 2.24) is 4.90 Å². The van der Waals surface area contributed by atoms with Crippen LogP contribution in [0.3, 0.4) is 0 Å². The molecule has 1 heterocycles. The zero-order valence-corrected chi connectivity index (χ0v) is 20.4. The number of ether oxygens (including phenoxy) is 5. The monoisotopic (exact) mass is 482 g/mol. The van der Waals surface area contributed by atoms with E-state index < -0.39 is 6.10 Å². The number of nitrogens with zero attached hydrogens (tertiary/aromatic N) is 2. The van der Waals surface area contributed by atoms with Gasteiger partial charge in [0.2, 0.25) is 0 Å². The first-order chi connectivity index (χ1) is 17.2. The molecule has 0 spiro atoms. The van der Waals surface area contributed by atoms with Crippen LogP contribution < -0.4 is 19.1 Å². The van der Waals surface area contributed by atoms with Crippen molar-refractivity contribution >= 4 is 16.5 Å². The highest BCUT2D eigenvalue weighted by Gasteiger charge is 2.22. The fourth-order valence-corrected chi connectivity index (χ4v) is 4.24. The number of aliphatic hydroxyl groups excluding tert-OH is 1. The van der Waals surface area contributed by atoms with Gasteiger partial charge in [0.1, 0.15) is 30.0 Å². The lowest BCUT2D eigenvalue weighted by molar-refractivity contribution is 0.0460. The summed E-state index contributed by atoms with van der Waals surface area (Å²) in [5.41, 5.74) is 0.992. The number of benzene rings is 3. The normalized spacial score (nSPS) is 15.2. The third-order valence-corrected chi connectivity index (χ3v) is 5.97. The molecule has 1 aliphatic heterocycles. The van der Waals surface area contributed by atoms with Gasteiger partial charge in [0.15, 0.2) is 13.6 Å². The number of β-amino-alcohol motifs (C(OH)–C–C–N with tert-alkyl or cyclic N) is 1. The number of methoxy groups -OCH3 is 2. The Morgan fingerprint density at radius 2 is 1.54 bits per heavy atom. The fourth-order valence-electron chi connectivity index (χ4n) is 4.24. The van der Waals surface area contributed by atoms with Crippen molar-refractivity contribution < 1.29 is 28.8 Å². The summed E-state index contributed by atoms with van der Waals surface area (Å²) in [5.74, 6) is 2.18. The van der Waals surface area contributed by atoms with E-state index in [0.29, 0.717) is 18.0 Å². The van der Waals surface area contributed by atoms with E-state index in [9.17, 15) is 5.11 Å². The molecule has 8 nitrogen and oxygen atoms in total. The molecule has 1 fully saturated rings. The maximum atomic E-state index is 10.6. The van der Waals surface area contributed by atoms with E-state index in [1.165, 1.54) is 0 Å². The minimum absolute atomic E-state index is 0.156. The van der Waals surface area contributed by atoms with Gasteiger partial charge in [-0.3, -0.25) is 4.90 Å². The van der Waals surface area contributed by atoms with Crippen LogP contribution in [-0.4, -0.2) is 83.2 Å². The van der Waals surface area contributed by atoms with Crippen LogP contribution in [0, 0.1) is 0 Å². The van der Waals surface area contributed by atoms with Gasteiger partial charge in [0.25, 0.3) is 0 Å². The smallest absolute Gasteiger partial charge is 0.188 e. The van der Waals surface area contributed by atoms with Crippen LogP contribution in [0.15, 0.2) is 60.7 Å². The topological polar surface area (TPSA) is 72.9 Å². The van der Waals surface area contributed by atoms with Crippen LogP contribution in [0.1, 0.15) is 0 Å². The average Bonchev–Trinajstić information content (AvgIpc) is 2.90. The number of fused-ring (bicyclic) bond motifs is 1. The first kappa shape index (κ1) is 25.1. The van der Waals surface area contributed by atoms with E-state index in [2.05, 4.69) is 21.9 Å². The largest absolute Gasteiger partial charge is 0.490 e. The van der Waals surface area contributed by atoms with Crippen molar-refractivity contribution in [3.05, 3.63) is 60.7 Å². The molecule has 1 atom stereocenters. The quantitative estimate of drug-likeness (QED) is 0.394. The van der Waals surface area contributed by atoms with Gasteiger partial charge in [-0.15, -0.1) is 0 Å². The first-order valence-electron chi connectivity index (χ1n) is 11.8. The molecule has 1 N–H and O–H groups in total. The summed E-state index contributed by atoms with van der Waals surface area (Å²) in [7, 11) is 3.18. The third kappa shape index (κ3) is 6.76. The summed E-state index contributed by atoms with van der Waals surface area (Å²) in [4.78, 5) is 4.54. The molecule has 0 aliphatic carbocycles. The Hall–Kier alpha value is -3.04. The first-order valence-corrected chi connectivity index (χ1v) is 11.8. The molecule has 4 rings (SSSR count). The van der Waals surface area contributed by atoms with Crippen molar-refractivity contribution in [1.29, 1.82) is 0 Å². The lowest BCUT2D eigenvalue weighted by Crippen LogP contribution is -2.49. The summed E-state index contributed by atoms with van der Waals surface area (Å²) in [5, 5.41) is 12.8. The van der Waals surface area contributed by atoms with Gasteiger partial charge in [-0.05, 0) is 23.6 Å². The molecule has 1 aliphatic rings. The number of aliphatic hydroxyl groups is 1. The van der Waals surface area contributed by atoms with Crippen LogP contribution in [0.5, 0.6) is 17.2 Å². The maximum Gasteiger partial charge on any atom is 0.188 e. The number of rotatable bonds is 12. The summed E-state index contributed by atoms with van der Waals surface area (Å²) in [6.45, 7) is 4.45. The van der Waals surface area contributed by atoms with Crippen LogP contribution in [-0.2, 0) is 9.47 Å². The Balaban J connectivity index is 1.29. The molecule has 0 saturated carbocycles. The zero-order valence-electron chi connectivity index (χ0n) is 20.4. The molecule has 35 heavy (non-hydrogen) atoms. The molecule has 1 unspecified atom stereocenters. The molecular formula is C27H34N2O6. The number of anilines is 1. The lowest BCUT2D eigenvalue weighted by Gasteiger charge is -2.37. The van der Waals surface area contributed by atoms with Gasteiger partial charge in [-0.25, -0.2) is 0 Å². The second-order valence-electron chi connectivity index (χ2n) is 8.46. The molecule has 0 aromatic heterocycles. The fraction of sp³-hybridized carbons (Fsp3) is 0.407. The Labute approximate surface area is 206 Å². The van der Waals surface area contributed by atoms with E-state index in [1.54, 1.807) is 14.2 Å². The predicted molar refractivity (Wildman–Crippen MR) is 136 cm³/mol. The molecule has 0 bridgehead atoms. The van der Waals surface area contributed by atoms with Crippen LogP contribution >= 0.6 is 0 Å². The van der Waals surface area contributed by atoms with Gasteiger partial charge in [-0.2, -0.15) is 0 Å². The average molecular weight is 483 g/mol. The van der Waals surface area contributed by atoms with E-state index in [1.807, 2.05) is 48.5 Å². The van der Waals surface area contributed by atoms with Crippen molar-refractivity contribution in [3.8, 4) is 17.2 Å². The van der Waals surface area contributed by atoms with Gasteiger partial charge < -0.3 is 33.7 Å². The van der Waals surface area contributed by atoms with Gasteiger partial charge >= 0.3 is 0 Å². The highest BCUT2D eigenvalue weighted by atomic mass is 16.7. The van der Waals surface area contributed by atoms with Crippen LogP contribution in [0.2, 0.25) is 0 Å². The van der Waals surface area contributed by atoms with Crippen molar-refractivity contribution in [2.75, 3.05) is 72.0 Å². The minimum atomic E-state index is -0.571. The van der Waals surface area contributed by atoms with E-state index in [0.717, 1.165) is 48.4 Å². The van der Waals surface area contributed by atoms with Gasteiger partial charge in [0, 0.05) is 58.4 Å². The van der Waals surface area contributed by atoms with Crippen LogP contribution in [0.25, 0.3) is 10.8 Å². The van der Waals surface area contributed by atoms with Crippen LogP contribution in [0.4, 0.5) is 5.69 Å². The summed E-state index contributed by atoms with van der Waals surface area (Å²) < 4.78 is 27.4. The van der Waals surface area contributed by atoms with Crippen molar-refractivity contribution in [2.45, 2.75) is 6.10 Å². The standard InChI is InChI=1S/C27H34N2O6/c1-31-19-34-23-10-11-25(27(16-23)35-20-32-2)29-14-12-28(13-15-29)17-22(30)18-33-26-9-5-7-21-6-3-4-8-24(21)26/h3-11,16,22,30H,12-15,17-20H2,1-2H3. The molecule has 188 valence electrons. The molecule has 1 saturated heterocycles. The highest BCUT2D eigenvalue weighted by Crippen LogP contribution is 2.33. The SMILES string of the molecule is COCOc1ccc(N2CCN(CC(O)COc3cccc4ccccc34)CC2)c(OCOC)c1. The molecule has 8 heteroatoms. The highest BCUT2D eigenvalue weighted by molar-refractivity contribution is 5.88. The lowest BCUT2D eigenvalue weighted by atomic mass is 10.1. The Morgan fingerprint density at radius 3 is 2.34 bits per heavy atom. The van der Waals surface area contributed by atoms with E-state index in [-0.39, 0.29) is 20.2 Å². The number of hydrogen-bond donors (Lipinski definition) is 1. The van der Waals surface area contributed by atoms with E-state index in [4.69, 9.17) is 23.7 Å². The third-order valence-electron chi connectivity index (χ3n) is 5.97. The van der Waals surface area contributed by atoms with Crippen molar-refractivity contribution in [3.63, 3.8) is 0 Å². The predicted octanol–water partition coefficient (Wildman–Crippen LogP) is 3.37. The number of hydrogen-bond acceptors (Lipinski definition) is 8. The molecular weight excluding hydrogens is 448 g/mol. The zero-order chi connectivity index (χ0) is 24.5.